The largest absolute Gasteiger partial charge is 0.469 e. The maximum atomic E-state index is 11.9. The van der Waals surface area contributed by atoms with Gasteiger partial charge in [0.15, 0.2) is 6.10 Å². The predicted octanol–water partition coefficient (Wildman–Crippen LogP) is 5.05. The Morgan fingerprint density at radius 2 is 1.23 bits per heavy atom. The Balaban J connectivity index is 3.99. The Hall–Kier alpha value is -0.950. The summed E-state index contributed by atoms with van der Waals surface area (Å²) in [7, 11) is -4.70. The molecule has 0 rings (SSSR count). The van der Waals surface area contributed by atoms with Gasteiger partial charge in [0.1, 0.15) is 6.61 Å². The Bertz CT molecular complexity index is 491. The Labute approximate surface area is 181 Å². The van der Waals surface area contributed by atoms with Crippen molar-refractivity contribution in [2.24, 2.45) is 0 Å². The van der Waals surface area contributed by atoms with Crippen LogP contribution < -0.4 is 0 Å². The zero-order valence-electron chi connectivity index (χ0n) is 18.7. The van der Waals surface area contributed by atoms with Crippen LogP contribution in [0.1, 0.15) is 104 Å². The molecule has 0 aliphatic heterocycles. The van der Waals surface area contributed by atoms with Gasteiger partial charge in [-0.1, -0.05) is 78.1 Å². The molecule has 0 spiro atoms. The van der Waals surface area contributed by atoms with Gasteiger partial charge in [-0.2, -0.15) is 0 Å². The number of esters is 2. The molecule has 0 aliphatic carbocycles. The van der Waals surface area contributed by atoms with E-state index in [2.05, 4.69) is 11.4 Å². The highest BCUT2D eigenvalue weighted by molar-refractivity contribution is 7.46. The van der Waals surface area contributed by atoms with Crippen LogP contribution in [0.2, 0.25) is 0 Å². The monoisotopic (exact) mass is 452 g/mol. The molecule has 1 atom stereocenters. The van der Waals surface area contributed by atoms with Crippen molar-refractivity contribution in [3.63, 3.8) is 0 Å². The van der Waals surface area contributed by atoms with E-state index in [0.717, 1.165) is 25.7 Å². The van der Waals surface area contributed by atoms with Crippen molar-refractivity contribution in [2.45, 2.75) is 110 Å². The number of phosphoric acid groups is 1. The SMILES string of the molecule is CCCCCCCCCCCCC(=O)OC[C@@H](COP(=O)(O)O)OC(=O)CCCC. The fourth-order valence-electron chi connectivity index (χ4n) is 2.88. The number of hydrogen-bond acceptors (Lipinski definition) is 6. The minimum Gasteiger partial charge on any atom is -0.462 e. The topological polar surface area (TPSA) is 119 Å². The van der Waals surface area contributed by atoms with E-state index in [1.165, 1.54) is 44.9 Å². The van der Waals surface area contributed by atoms with Gasteiger partial charge in [0, 0.05) is 12.8 Å². The van der Waals surface area contributed by atoms with Crippen molar-refractivity contribution >= 4 is 19.8 Å². The van der Waals surface area contributed by atoms with Gasteiger partial charge in [-0.25, -0.2) is 4.57 Å². The quantitative estimate of drug-likeness (QED) is 0.150. The first kappa shape index (κ1) is 29.1. The molecular weight excluding hydrogens is 411 g/mol. The van der Waals surface area contributed by atoms with E-state index in [-0.39, 0.29) is 19.4 Å². The fourth-order valence-corrected chi connectivity index (χ4v) is 3.24. The number of phosphoric ester groups is 1. The van der Waals surface area contributed by atoms with Crippen LogP contribution in [0.25, 0.3) is 0 Å². The highest BCUT2D eigenvalue weighted by Crippen LogP contribution is 2.35. The molecular formula is C21H41O8P. The van der Waals surface area contributed by atoms with Crippen molar-refractivity contribution in [1.29, 1.82) is 0 Å². The van der Waals surface area contributed by atoms with Crippen molar-refractivity contribution in [3.8, 4) is 0 Å². The van der Waals surface area contributed by atoms with Crippen LogP contribution in [-0.2, 0) is 28.2 Å². The molecule has 0 saturated heterocycles. The van der Waals surface area contributed by atoms with Gasteiger partial charge in [-0.15, -0.1) is 0 Å². The van der Waals surface area contributed by atoms with E-state index in [4.69, 9.17) is 19.3 Å². The van der Waals surface area contributed by atoms with E-state index in [1.54, 1.807) is 0 Å². The molecule has 8 nitrogen and oxygen atoms in total. The van der Waals surface area contributed by atoms with Gasteiger partial charge in [0.05, 0.1) is 6.61 Å². The molecule has 0 aromatic heterocycles. The average Bonchev–Trinajstić information content (AvgIpc) is 2.69. The third-order valence-corrected chi connectivity index (χ3v) is 5.11. The summed E-state index contributed by atoms with van der Waals surface area (Å²) in [5, 5.41) is 0. The number of unbranched alkanes of at least 4 members (excludes halogenated alkanes) is 10. The zero-order chi connectivity index (χ0) is 22.7. The number of ether oxygens (including phenoxy) is 2. The normalized spacial score (nSPS) is 12.5. The lowest BCUT2D eigenvalue weighted by molar-refractivity contribution is -0.161. The molecule has 9 heteroatoms. The van der Waals surface area contributed by atoms with Crippen LogP contribution in [0, 0.1) is 0 Å². The molecule has 0 bridgehead atoms. The molecule has 0 saturated carbocycles. The molecule has 2 N–H and O–H groups in total. The third-order valence-electron chi connectivity index (χ3n) is 4.63. The molecule has 0 fully saturated rings. The summed E-state index contributed by atoms with van der Waals surface area (Å²) in [5.41, 5.74) is 0. The Morgan fingerprint density at radius 3 is 1.77 bits per heavy atom. The summed E-state index contributed by atoms with van der Waals surface area (Å²) < 4.78 is 25.5. The van der Waals surface area contributed by atoms with Crippen LogP contribution >= 0.6 is 7.82 Å². The van der Waals surface area contributed by atoms with E-state index in [1.807, 2.05) is 6.92 Å². The summed E-state index contributed by atoms with van der Waals surface area (Å²) in [6, 6.07) is 0. The molecule has 30 heavy (non-hydrogen) atoms. The van der Waals surface area contributed by atoms with E-state index in [0.29, 0.717) is 6.42 Å². The lowest BCUT2D eigenvalue weighted by Crippen LogP contribution is -2.29. The molecule has 0 amide bonds. The molecule has 178 valence electrons. The lowest BCUT2D eigenvalue weighted by Gasteiger charge is -2.18. The minimum atomic E-state index is -4.70. The van der Waals surface area contributed by atoms with Gasteiger partial charge in [0.2, 0.25) is 0 Å². The van der Waals surface area contributed by atoms with Crippen molar-refractivity contribution in [1.82, 2.24) is 0 Å². The van der Waals surface area contributed by atoms with Gasteiger partial charge >= 0.3 is 19.8 Å². The van der Waals surface area contributed by atoms with E-state index < -0.39 is 32.5 Å². The van der Waals surface area contributed by atoms with Crippen LogP contribution in [0.5, 0.6) is 0 Å². The summed E-state index contributed by atoms with van der Waals surface area (Å²) in [6.07, 6.45) is 12.5. The Kier molecular flexibility index (Phi) is 18.2. The van der Waals surface area contributed by atoms with E-state index in [9.17, 15) is 14.2 Å². The van der Waals surface area contributed by atoms with Crippen LogP contribution in [-0.4, -0.2) is 41.0 Å². The smallest absolute Gasteiger partial charge is 0.462 e. The lowest BCUT2D eigenvalue weighted by atomic mass is 10.1. The highest BCUT2D eigenvalue weighted by atomic mass is 31.2. The molecule has 0 unspecified atom stereocenters. The molecule has 0 aliphatic rings. The van der Waals surface area contributed by atoms with Gasteiger partial charge < -0.3 is 19.3 Å². The minimum absolute atomic E-state index is 0.190. The second kappa shape index (κ2) is 18.8. The summed E-state index contributed by atoms with van der Waals surface area (Å²) in [4.78, 5) is 41.3. The zero-order valence-corrected chi connectivity index (χ0v) is 19.6. The van der Waals surface area contributed by atoms with Gasteiger partial charge in [-0.05, 0) is 12.8 Å². The molecule has 0 aromatic carbocycles. The van der Waals surface area contributed by atoms with Crippen molar-refractivity contribution in [2.75, 3.05) is 13.2 Å². The second-order valence-electron chi connectivity index (χ2n) is 7.62. The maximum Gasteiger partial charge on any atom is 0.469 e. The maximum absolute atomic E-state index is 11.9. The molecule has 0 radical (unpaired) electrons. The number of rotatable bonds is 20. The van der Waals surface area contributed by atoms with Crippen LogP contribution in [0.3, 0.4) is 0 Å². The fraction of sp³-hybridized carbons (Fsp3) is 0.905. The predicted molar refractivity (Wildman–Crippen MR) is 115 cm³/mol. The number of carbonyl (C=O) groups is 2. The number of carbonyl (C=O) groups excluding carboxylic acids is 2. The first-order valence-electron chi connectivity index (χ1n) is 11.3. The first-order chi connectivity index (χ1) is 14.3. The number of hydrogen-bond donors (Lipinski definition) is 2. The molecule has 0 aromatic rings. The average molecular weight is 453 g/mol. The van der Waals surface area contributed by atoms with Crippen molar-refractivity contribution in [3.05, 3.63) is 0 Å². The Morgan fingerprint density at radius 1 is 0.733 bits per heavy atom. The highest BCUT2D eigenvalue weighted by Gasteiger charge is 2.22. The standard InChI is InChI=1S/C21H41O8P/c1-3-5-7-8-9-10-11-12-13-14-16-20(22)27-17-19(18-28-30(24,25)26)29-21(23)15-6-4-2/h19H,3-18H2,1-2H3,(H2,24,25,26)/t19-/m0/s1. The van der Waals surface area contributed by atoms with Crippen molar-refractivity contribution < 1.29 is 37.9 Å². The summed E-state index contributed by atoms with van der Waals surface area (Å²) in [5.74, 6) is -0.928. The van der Waals surface area contributed by atoms with Crippen LogP contribution in [0.15, 0.2) is 0 Å². The summed E-state index contributed by atoms with van der Waals surface area (Å²) in [6.45, 7) is 3.32. The van der Waals surface area contributed by atoms with Gasteiger partial charge in [0.25, 0.3) is 0 Å². The van der Waals surface area contributed by atoms with Gasteiger partial charge in [-0.3, -0.25) is 14.1 Å². The second-order valence-corrected chi connectivity index (χ2v) is 8.86. The van der Waals surface area contributed by atoms with Crippen LogP contribution in [0.4, 0.5) is 0 Å². The molecule has 0 heterocycles. The van der Waals surface area contributed by atoms with E-state index >= 15 is 0 Å². The third kappa shape index (κ3) is 20.3. The first-order valence-corrected chi connectivity index (χ1v) is 12.9. The summed E-state index contributed by atoms with van der Waals surface area (Å²) >= 11 is 0.